The maximum atomic E-state index is 14.1. The lowest BCUT2D eigenvalue weighted by Gasteiger charge is -2.27. The van der Waals surface area contributed by atoms with E-state index in [0.29, 0.717) is 46.3 Å². The molecule has 0 spiro atoms. The first-order chi connectivity index (χ1) is 16.3. The molecule has 1 aliphatic heterocycles. The smallest absolute Gasteiger partial charge is 0.266 e. The van der Waals surface area contributed by atoms with Crippen LogP contribution in [0, 0.1) is 12.7 Å². The normalized spacial score (nSPS) is 14.0. The van der Waals surface area contributed by atoms with Gasteiger partial charge in [0.15, 0.2) is 0 Å². The van der Waals surface area contributed by atoms with Crippen LogP contribution in [-0.2, 0) is 0 Å². The van der Waals surface area contributed by atoms with Crippen LogP contribution in [0.3, 0.4) is 0 Å². The fraction of sp³-hybridized carbons (Fsp3) is 0.208. The second kappa shape index (κ2) is 8.22. The summed E-state index contributed by atoms with van der Waals surface area (Å²) in [5.41, 5.74) is 1.66. The first-order valence-corrected chi connectivity index (χ1v) is 10.7. The van der Waals surface area contributed by atoms with E-state index < -0.39 is 11.9 Å². The Kier molecular flexibility index (Phi) is 5.20. The fourth-order valence-corrected chi connectivity index (χ4v) is 4.13. The third-order valence-corrected chi connectivity index (χ3v) is 5.83. The van der Waals surface area contributed by atoms with Gasteiger partial charge in [0.2, 0.25) is 0 Å². The van der Waals surface area contributed by atoms with Crippen LogP contribution in [0.5, 0.6) is 0 Å². The number of hydrogen-bond acceptors (Lipinski definition) is 7. The quantitative estimate of drug-likeness (QED) is 0.483. The molecular formula is C24H22FN7O2. The highest BCUT2D eigenvalue weighted by Crippen LogP contribution is 2.28. The molecule has 1 aliphatic rings. The van der Waals surface area contributed by atoms with E-state index in [-0.39, 0.29) is 11.5 Å². The summed E-state index contributed by atoms with van der Waals surface area (Å²) in [6, 6.07) is 10.7. The molecule has 0 saturated heterocycles. The van der Waals surface area contributed by atoms with Crippen molar-refractivity contribution in [3.05, 3.63) is 81.9 Å². The molecule has 2 N–H and O–H groups in total. The zero-order valence-electron chi connectivity index (χ0n) is 18.8. The highest BCUT2D eigenvalue weighted by molar-refractivity contribution is 6.04. The number of aryl methyl sites for hydroxylation is 1. The predicted molar refractivity (Wildman–Crippen MR) is 127 cm³/mol. The third-order valence-electron chi connectivity index (χ3n) is 5.83. The molecule has 1 amide bonds. The number of carbonyl (C=O) groups excluding carboxylic acids is 1. The highest BCUT2D eigenvalue weighted by atomic mass is 19.1. The summed E-state index contributed by atoms with van der Waals surface area (Å²) in [7, 11) is 1.67. The van der Waals surface area contributed by atoms with Gasteiger partial charge in [-0.1, -0.05) is 18.2 Å². The summed E-state index contributed by atoms with van der Waals surface area (Å²) in [5.74, 6) is 0.396. The van der Waals surface area contributed by atoms with Gasteiger partial charge in [-0.2, -0.15) is 0 Å². The summed E-state index contributed by atoms with van der Waals surface area (Å²) in [6.45, 7) is 3.98. The van der Waals surface area contributed by atoms with Crippen molar-refractivity contribution in [1.29, 1.82) is 0 Å². The maximum Gasteiger partial charge on any atom is 0.266 e. The minimum atomic E-state index is -0.570. The molecule has 10 heteroatoms. The number of benzene rings is 2. The minimum absolute atomic E-state index is 0.228. The summed E-state index contributed by atoms with van der Waals surface area (Å²) in [5, 5.41) is 6.76. The SMILES string of the molecule is Cc1cccc2nc([C@H](C)Nc3ncnc4c3C(=O)N(C)CN4)n(-c3cccc(F)c3)c(=O)c12. The number of halogens is 1. The molecule has 0 saturated carbocycles. The van der Waals surface area contributed by atoms with Crippen LogP contribution in [-0.4, -0.2) is 44.0 Å². The minimum Gasteiger partial charge on any atom is -0.360 e. The van der Waals surface area contributed by atoms with Crippen molar-refractivity contribution in [2.45, 2.75) is 19.9 Å². The standard InChI is InChI=1S/C24H22FN7O2/c1-13-6-4-9-17-18(13)24(34)32(16-8-5-7-15(25)10-16)22(30-17)14(2)29-21-19-20(26-11-27-21)28-12-31(3)23(19)33/h4-11,14H,12H2,1-3H3,(H2,26,27,28,29)/t14-/m0/s1. The number of nitrogens with zero attached hydrogens (tertiary/aromatic N) is 5. The molecule has 0 fully saturated rings. The molecule has 4 aromatic rings. The van der Waals surface area contributed by atoms with Crippen LogP contribution in [0.1, 0.15) is 34.7 Å². The second-order valence-electron chi connectivity index (χ2n) is 8.21. The lowest BCUT2D eigenvalue weighted by molar-refractivity contribution is 0.0796. The van der Waals surface area contributed by atoms with Gasteiger partial charge < -0.3 is 15.5 Å². The Hall–Kier alpha value is -4.34. The molecule has 34 heavy (non-hydrogen) atoms. The Labute approximate surface area is 194 Å². The Balaban J connectivity index is 1.68. The first kappa shape index (κ1) is 21.5. The summed E-state index contributed by atoms with van der Waals surface area (Å²) in [6.07, 6.45) is 1.36. The van der Waals surface area contributed by atoms with Gasteiger partial charge in [-0.15, -0.1) is 0 Å². The molecule has 0 bridgehead atoms. The molecule has 0 aliphatic carbocycles. The number of fused-ring (bicyclic) bond motifs is 2. The van der Waals surface area contributed by atoms with E-state index in [9.17, 15) is 14.0 Å². The fourth-order valence-electron chi connectivity index (χ4n) is 4.13. The Morgan fingerprint density at radius 3 is 2.74 bits per heavy atom. The van der Waals surface area contributed by atoms with Crippen LogP contribution in [0.2, 0.25) is 0 Å². The lowest BCUT2D eigenvalue weighted by Crippen LogP contribution is -2.38. The third kappa shape index (κ3) is 3.53. The molecule has 0 unspecified atom stereocenters. The van der Waals surface area contributed by atoms with E-state index >= 15 is 0 Å². The van der Waals surface area contributed by atoms with Crippen molar-refractivity contribution in [2.24, 2.45) is 0 Å². The van der Waals surface area contributed by atoms with Gasteiger partial charge in [0.1, 0.15) is 35.2 Å². The monoisotopic (exact) mass is 459 g/mol. The van der Waals surface area contributed by atoms with Gasteiger partial charge in [-0.05, 0) is 43.7 Å². The number of hydrogen-bond donors (Lipinski definition) is 2. The average Bonchev–Trinajstić information content (AvgIpc) is 2.81. The maximum absolute atomic E-state index is 14.1. The first-order valence-electron chi connectivity index (χ1n) is 10.7. The van der Waals surface area contributed by atoms with Gasteiger partial charge in [-0.25, -0.2) is 19.3 Å². The largest absolute Gasteiger partial charge is 0.360 e. The summed E-state index contributed by atoms with van der Waals surface area (Å²) >= 11 is 0. The van der Waals surface area contributed by atoms with E-state index in [1.807, 2.05) is 19.1 Å². The van der Waals surface area contributed by atoms with Crippen LogP contribution in [0.4, 0.5) is 16.0 Å². The topological polar surface area (TPSA) is 105 Å². The molecule has 5 rings (SSSR count). The van der Waals surface area contributed by atoms with Crippen LogP contribution in [0.25, 0.3) is 16.6 Å². The van der Waals surface area contributed by atoms with Gasteiger partial charge in [0, 0.05) is 7.05 Å². The van der Waals surface area contributed by atoms with Crippen molar-refractivity contribution in [3.8, 4) is 5.69 Å². The van der Waals surface area contributed by atoms with E-state index in [0.717, 1.165) is 5.56 Å². The molecule has 2 aromatic carbocycles. The molecule has 3 heterocycles. The zero-order valence-corrected chi connectivity index (χ0v) is 18.8. The van der Waals surface area contributed by atoms with E-state index in [2.05, 4.69) is 20.6 Å². The van der Waals surface area contributed by atoms with Crippen molar-refractivity contribution in [3.63, 3.8) is 0 Å². The Morgan fingerprint density at radius 1 is 1.15 bits per heavy atom. The van der Waals surface area contributed by atoms with Crippen molar-refractivity contribution in [1.82, 2.24) is 24.4 Å². The number of anilines is 2. The Morgan fingerprint density at radius 2 is 1.94 bits per heavy atom. The van der Waals surface area contributed by atoms with Gasteiger partial charge in [0.25, 0.3) is 11.5 Å². The summed E-state index contributed by atoms with van der Waals surface area (Å²) < 4.78 is 15.5. The van der Waals surface area contributed by atoms with Crippen LogP contribution < -0.4 is 16.2 Å². The van der Waals surface area contributed by atoms with Gasteiger partial charge in [0.05, 0.1) is 29.3 Å². The highest BCUT2D eigenvalue weighted by Gasteiger charge is 2.28. The number of nitrogens with one attached hydrogen (secondary N) is 2. The van der Waals surface area contributed by atoms with E-state index in [1.54, 1.807) is 32.2 Å². The molecular weight excluding hydrogens is 437 g/mol. The number of rotatable bonds is 4. The molecule has 9 nitrogen and oxygen atoms in total. The van der Waals surface area contributed by atoms with Crippen molar-refractivity contribution >= 4 is 28.4 Å². The number of amides is 1. The summed E-state index contributed by atoms with van der Waals surface area (Å²) in [4.78, 5) is 41.2. The van der Waals surface area contributed by atoms with Crippen LogP contribution in [0.15, 0.2) is 53.6 Å². The molecule has 2 aromatic heterocycles. The van der Waals surface area contributed by atoms with Crippen molar-refractivity contribution in [2.75, 3.05) is 24.3 Å². The number of carbonyl (C=O) groups is 1. The molecule has 1 atom stereocenters. The predicted octanol–water partition coefficient (Wildman–Crippen LogP) is 3.25. The second-order valence-corrected chi connectivity index (χ2v) is 8.21. The number of aromatic nitrogens is 4. The van der Waals surface area contributed by atoms with Crippen molar-refractivity contribution < 1.29 is 9.18 Å². The van der Waals surface area contributed by atoms with Crippen LogP contribution >= 0.6 is 0 Å². The lowest BCUT2D eigenvalue weighted by atomic mass is 10.1. The van der Waals surface area contributed by atoms with E-state index in [1.165, 1.54) is 27.9 Å². The van der Waals surface area contributed by atoms with Gasteiger partial charge >= 0.3 is 0 Å². The molecule has 172 valence electrons. The molecule has 0 radical (unpaired) electrons. The van der Waals surface area contributed by atoms with Gasteiger partial charge in [-0.3, -0.25) is 14.2 Å². The average molecular weight is 459 g/mol. The Bertz CT molecular complexity index is 1500. The van der Waals surface area contributed by atoms with E-state index in [4.69, 9.17) is 4.98 Å². The zero-order chi connectivity index (χ0) is 24.0.